The lowest BCUT2D eigenvalue weighted by molar-refractivity contribution is -0.137. The van der Waals surface area contributed by atoms with E-state index in [0.717, 1.165) is 17.3 Å². The molecule has 1 saturated heterocycles. The molecule has 30 heavy (non-hydrogen) atoms. The van der Waals surface area contributed by atoms with Crippen LogP contribution in [0, 0.1) is 6.92 Å². The number of methoxy groups -OCH3 is 1. The van der Waals surface area contributed by atoms with E-state index in [1.165, 1.54) is 7.11 Å². The average molecular weight is 428 g/mol. The van der Waals surface area contributed by atoms with Crippen molar-refractivity contribution < 1.29 is 29.3 Å². The Kier molecular flexibility index (Phi) is 6.63. The van der Waals surface area contributed by atoms with Gasteiger partial charge in [-0.1, -0.05) is 12.1 Å². The molecule has 2 aromatic rings. The Balaban J connectivity index is 1.78. The number of nitrogens with zero attached hydrogens (tertiary/aromatic N) is 1. The fourth-order valence-electron chi connectivity index (χ4n) is 2.61. The molecule has 1 amide bonds. The lowest BCUT2D eigenvalue weighted by atomic mass is 10.2. The molecule has 0 saturated carbocycles. The molecule has 2 aromatic carbocycles. The van der Waals surface area contributed by atoms with E-state index >= 15 is 0 Å². The number of carboxylic acids is 1. The minimum Gasteiger partial charge on any atom is -0.506 e. The number of carbonyl (C=O) groups excluding carboxylic acids is 1. The van der Waals surface area contributed by atoms with Crippen LogP contribution >= 0.6 is 11.8 Å². The fraction of sp³-hybridized carbons (Fsp3) is 0.190. The molecule has 3 N–H and O–H groups in total. The maximum absolute atomic E-state index is 12.3. The highest BCUT2D eigenvalue weighted by Crippen LogP contribution is 2.34. The van der Waals surface area contributed by atoms with E-state index in [1.807, 2.05) is 6.92 Å². The Morgan fingerprint density at radius 3 is 2.77 bits per heavy atom. The Bertz CT molecular complexity index is 1050. The third-order valence-corrected chi connectivity index (χ3v) is 4.97. The van der Waals surface area contributed by atoms with Crippen LogP contribution in [0.3, 0.4) is 0 Å². The van der Waals surface area contributed by atoms with Gasteiger partial charge in [0.15, 0.2) is 16.7 Å². The molecule has 1 fully saturated rings. The monoisotopic (exact) mass is 428 g/mol. The molecule has 0 unspecified atom stereocenters. The number of phenols is 1. The number of ether oxygens (including phenoxy) is 2. The van der Waals surface area contributed by atoms with Gasteiger partial charge in [0.2, 0.25) is 0 Å². The van der Waals surface area contributed by atoms with Crippen LogP contribution in [0.25, 0.3) is 6.08 Å². The van der Waals surface area contributed by atoms with Crippen LogP contribution in [0.1, 0.15) is 17.5 Å². The highest BCUT2D eigenvalue weighted by Gasteiger charge is 2.24. The molecule has 1 heterocycles. The van der Waals surface area contributed by atoms with Crippen molar-refractivity contribution in [1.82, 2.24) is 5.32 Å². The second-order valence-electron chi connectivity index (χ2n) is 6.38. The highest BCUT2D eigenvalue weighted by atomic mass is 32.2. The molecule has 1 aliphatic rings. The molecule has 0 radical (unpaired) electrons. The number of rotatable bonds is 7. The van der Waals surface area contributed by atoms with E-state index in [4.69, 9.17) is 14.6 Å². The van der Waals surface area contributed by atoms with Crippen molar-refractivity contribution >= 4 is 40.6 Å². The molecule has 8 nitrogen and oxygen atoms in total. The number of thioether (sulfide) groups is 1. The second kappa shape index (κ2) is 9.36. The molecule has 0 atom stereocenters. The number of aliphatic imine (C=N–C) groups is 1. The summed E-state index contributed by atoms with van der Waals surface area (Å²) in [5, 5.41) is 21.7. The minimum absolute atomic E-state index is 0.0238. The van der Waals surface area contributed by atoms with Gasteiger partial charge in [0.1, 0.15) is 11.4 Å². The first-order chi connectivity index (χ1) is 14.4. The number of nitrogens with one attached hydrogen (secondary N) is 1. The number of aliphatic carboxylic acids is 1. The number of carbonyl (C=O) groups is 2. The van der Waals surface area contributed by atoms with Crippen molar-refractivity contribution in [2.45, 2.75) is 13.3 Å². The summed E-state index contributed by atoms with van der Waals surface area (Å²) in [6.45, 7) is 1.91. The Morgan fingerprint density at radius 1 is 1.23 bits per heavy atom. The van der Waals surface area contributed by atoms with Gasteiger partial charge in [-0.3, -0.25) is 9.59 Å². The largest absolute Gasteiger partial charge is 0.506 e. The van der Waals surface area contributed by atoms with Crippen molar-refractivity contribution in [1.29, 1.82) is 0 Å². The van der Waals surface area contributed by atoms with Crippen LogP contribution < -0.4 is 14.8 Å². The minimum atomic E-state index is -0.948. The summed E-state index contributed by atoms with van der Waals surface area (Å²) in [5.41, 5.74) is 2.02. The number of aryl methyl sites for hydroxylation is 1. The molecule has 0 aliphatic carbocycles. The van der Waals surface area contributed by atoms with Crippen LogP contribution in [0.2, 0.25) is 0 Å². The first-order valence-electron chi connectivity index (χ1n) is 8.97. The summed E-state index contributed by atoms with van der Waals surface area (Å²) in [6, 6.07) is 10.1. The van der Waals surface area contributed by atoms with E-state index in [2.05, 4.69) is 10.3 Å². The maximum Gasteiger partial charge on any atom is 0.306 e. The van der Waals surface area contributed by atoms with Gasteiger partial charge < -0.3 is 25.0 Å². The molecule has 156 valence electrons. The van der Waals surface area contributed by atoms with Gasteiger partial charge in [0.25, 0.3) is 5.91 Å². The maximum atomic E-state index is 12.3. The standard InChI is InChI=1S/C21H20N2O6S/c1-12-3-5-15(24)14(9-12)22-21-23-20(27)18(30-21)11-13-4-6-16(17(10-13)28-2)29-8-7-19(25)26/h3-6,9-11,24H,7-8H2,1-2H3,(H,25,26)(H,22,23,27)/b18-11+. The normalized spacial score (nSPS) is 16.0. The SMILES string of the molecule is COc1cc(/C=C2/SC(=Nc3cc(C)ccc3O)NC2=O)ccc1OCCC(=O)O. The number of carboxylic acid groups (broad SMARTS) is 1. The number of phenolic OH excluding ortho intramolecular Hbond substituents is 1. The predicted octanol–water partition coefficient (Wildman–Crippen LogP) is 3.45. The number of amides is 1. The van der Waals surface area contributed by atoms with Gasteiger partial charge in [-0.25, -0.2) is 4.99 Å². The number of benzene rings is 2. The summed E-state index contributed by atoms with van der Waals surface area (Å²) in [6.07, 6.45) is 1.56. The quantitative estimate of drug-likeness (QED) is 0.578. The summed E-state index contributed by atoms with van der Waals surface area (Å²) in [7, 11) is 1.48. The van der Waals surface area contributed by atoms with Crippen molar-refractivity contribution in [3.8, 4) is 17.2 Å². The van der Waals surface area contributed by atoms with Gasteiger partial charge in [-0.15, -0.1) is 0 Å². The molecule has 0 aromatic heterocycles. The molecule has 3 rings (SSSR count). The summed E-state index contributed by atoms with van der Waals surface area (Å²) in [4.78, 5) is 27.7. The first kappa shape index (κ1) is 21.3. The Hall–Kier alpha value is -3.46. The molecule has 1 aliphatic heterocycles. The highest BCUT2D eigenvalue weighted by molar-refractivity contribution is 8.18. The van der Waals surface area contributed by atoms with Gasteiger partial charge in [-0.05, 0) is 60.2 Å². The Labute approximate surface area is 177 Å². The van der Waals surface area contributed by atoms with Crippen LogP contribution in [0.15, 0.2) is 46.3 Å². The zero-order valence-electron chi connectivity index (χ0n) is 16.3. The van der Waals surface area contributed by atoms with Crippen molar-refractivity contribution in [3.63, 3.8) is 0 Å². The number of hydrogen-bond acceptors (Lipinski definition) is 7. The van der Waals surface area contributed by atoms with E-state index in [0.29, 0.717) is 32.8 Å². The van der Waals surface area contributed by atoms with Crippen LogP contribution in [0.4, 0.5) is 5.69 Å². The number of hydrogen-bond donors (Lipinski definition) is 3. The fourth-order valence-corrected chi connectivity index (χ4v) is 3.44. The molecule has 9 heteroatoms. The topological polar surface area (TPSA) is 117 Å². The van der Waals surface area contributed by atoms with E-state index in [1.54, 1.807) is 42.5 Å². The summed E-state index contributed by atoms with van der Waals surface area (Å²) < 4.78 is 10.7. The van der Waals surface area contributed by atoms with Crippen molar-refractivity contribution in [2.24, 2.45) is 4.99 Å². The molecular weight excluding hydrogens is 408 g/mol. The lowest BCUT2D eigenvalue weighted by Gasteiger charge is -2.10. The second-order valence-corrected chi connectivity index (χ2v) is 7.41. The Morgan fingerprint density at radius 2 is 2.03 bits per heavy atom. The summed E-state index contributed by atoms with van der Waals surface area (Å²) >= 11 is 1.16. The smallest absolute Gasteiger partial charge is 0.306 e. The zero-order chi connectivity index (χ0) is 21.7. The van der Waals surface area contributed by atoms with Crippen LogP contribution in [-0.2, 0) is 9.59 Å². The molecule has 0 spiro atoms. The van der Waals surface area contributed by atoms with Crippen LogP contribution in [0.5, 0.6) is 17.2 Å². The first-order valence-corrected chi connectivity index (χ1v) is 9.79. The van der Waals surface area contributed by atoms with Crippen molar-refractivity contribution in [3.05, 3.63) is 52.4 Å². The van der Waals surface area contributed by atoms with Gasteiger partial charge in [0.05, 0.1) is 25.0 Å². The molecular formula is C21H20N2O6S. The lowest BCUT2D eigenvalue weighted by Crippen LogP contribution is -2.19. The van der Waals surface area contributed by atoms with Gasteiger partial charge >= 0.3 is 5.97 Å². The third-order valence-electron chi connectivity index (χ3n) is 4.06. The average Bonchev–Trinajstić information content (AvgIpc) is 3.04. The number of aromatic hydroxyl groups is 1. The van der Waals surface area contributed by atoms with E-state index < -0.39 is 5.97 Å². The predicted molar refractivity (Wildman–Crippen MR) is 114 cm³/mol. The van der Waals surface area contributed by atoms with Crippen LogP contribution in [-0.4, -0.2) is 41.0 Å². The molecule has 0 bridgehead atoms. The van der Waals surface area contributed by atoms with E-state index in [-0.39, 0.29) is 24.7 Å². The number of amidine groups is 1. The van der Waals surface area contributed by atoms with Gasteiger partial charge in [-0.2, -0.15) is 0 Å². The van der Waals surface area contributed by atoms with Gasteiger partial charge in [0, 0.05) is 0 Å². The van der Waals surface area contributed by atoms with E-state index in [9.17, 15) is 14.7 Å². The zero-order valence-corrected chi connectivity index (χ0v) is 17.2. The van der Waals surface area contributed by atoms with Crippen molar-refractivity contribution in [2.75, 3.05) is 13.7 Å². The summed E-state index contributed by atoms with van der Waals surface area (Å²) in [5.74, 6) is -0.371. The third kappa shape index (κ3) is 5.32.